The fourth-order valence-electron chi connectivity index (χ4n) is 2.63. The molecule has 2 atom stereocenters. The number of carbonyl (C=O) groups excluding carboxylic acids is 1. The largest absolute Gasteiger partial charge is 0.353 e. The average Bonchev–Trinajstić information content (AvgIpc) is 2.36. The number of nitrogens with one attached hydrogen (secondary N) is 1. The normalized spacial score (nSPS) is 23.1. The highest BCUT2D eigenvalue weighted by atomic mass is 35.5. The van der Waals surface area contributed by atoms with Crippen molar-refractivity contribution < 1.29 is 4.79 Å². The summed E-state index contributed by atoms with van der Waals surface area (Å²) in [6.45, 7) is 2.21. The lowest BCUT2D eigenvalue weighted by Gasteiger charge is -2.29. The number of benzene rings is 1. The van der Waals surface area contributed by atoms with Gasteiger partial charge >= 0.3 is 0 Å². The Bertz CT molecular complexity index is 461. The Morgan fingerprint density at radius 1 is 1.32 bits per heavy atom. The highest BCUT2D eigenvalue weighted by Gasteiger charge is 2.22. The molecule has 1 amide bonds. The Kier molecular flexibility index (Phi) is 5.12. The van der Waals surface area contributed by atoms with E-state index in [2.05, 4.69) is 12.2 Å². The first-order valence-corrected chi connectivity index (χ1v) is 7.55. The second-order valence-corrected chi connectivity index (χ2v) is 6.19. The SMILES string of the molecule is CC1CCCCC1NC(=O)Cc1ccc(Cl)cc1Cl. The summed E-state index contributed by atoms with van der Waals surface area (Å²) in [4.78, 5) is 12.1. The molecule has 19 heavy (non-hydrogen) atoms. The van der Waals surface area contributed by atoms with E-state index in [0.29, 0.717) is 28.4 Å². The van der Waals surface area contributed by atoms with Crippen LogP contribution in [0.15, 0.2) is 18.2 Å². The van der Waals surface area contributed by atoms with Crippen LogP contribution in [0.1, 0.15) is 38.2 Å². The Labute approximate surface area is 124 Å². The molecule has 1 aromatic carbocycles. The summed E-state index contributed by atoms with van der Waals surface area (Å²) in [5, 5.41) is 4.28. The number of rotatable bonds is 3. The van der Waals surface area contributed by atoms with E-state index in [1.165, 1.54) is 19.3 Å². The standard InChI is InChI=1S/C15H19Cl2NO/c1-10-4-2-3-5-14(10)18-15(19)8-11-6-7-12(16)9-13(11)17/h6-7,9-10,14H,2-5,8H2,1H3,(H,18,19). The number of halogens is 2. The molecule has 2 rings (SSSR count). The molecule has 1 fully saturated rings. The maximum atomic E-state index is 12.1. The van der Waals surface area contributed by atoms with Gasteiger partial charge in [0.2, 0.25) is 5.91 Å². The van der Waals surface area contributed by atoms with Crippen LogP contribution in [0, 0.1) is 5.92 Å². The molecular formula is C15H19Cl2NO. The van der Waals surface area contributed by atoms with Gasteiger partial charge in [0.05, 0.1) is 6.42 Å². The van der Waals surface area contributed by atoms with Gasteiger partial charge in [-0.05, 0) is 36.5 Å². The molecule has 0 aromatic heterocycles. The fourth-order valence-corrected chi connectivity index (χ4v) is 3.10. The fraction of sp³-hybridized carbons (Fsp3) is 0.533. The topological polar surface area (TPSA) is 29.1 Å². The molecular weight excluding hydrogens is 281 g/mol. The lowest BCUT2D eigenvalue weighted by atomic mass is 9.86. The highest BCUT2D eigenvalue weighted by Crippen LogP contribution is 2.24. The van der Waals surface area contributed by atoms with Crippen LogP contribution in [0.2, 0.25) is 10.0 Å². The molecule has 1 saturated carbocycles. The molecule has 2 nitrogen and oxygen atoms in total. The Morgan fingerprint density at radius 3 is 2.74 bits per heavy atom. The minimum absolute atomic E-state index is 0.0444. The van der Waals surface area contributed by atoms with Gasteiger partial charge in [0.1, 0.15) is 0 Å². The molecule has 0 bridgehead atoms. The first kappa shape index (κ1) is 14.7. The van der Waals surface area contributed by atoms with Crippen molar-refractivity contribution in [2.24, 2.45) is 5.92 Å². The average molecular weight is 300 g/mol. The zero-order valence-corrected chi connectivity index (χ0v) is 12.6. The summed E-state index contributed by atoms with van der Waals surface area (Å²) in [5.41, 5.74) is 0.826. The molecule has 1 N–H and O–H groups in total. The molecule has 1 aliphatic carbocycles. The number of hydrogen-bond acceptors (Lipinski definition) is 1. The Morgan fingerprint density at radius 2 is 2.05 bits per heavy atom. The predicted octanol–water partition coefficient (Wildman–Crippen LogP) is 4.23. The minimum atomic E-state index is 0.0444. The molecule has 104 valence electrons. The monoisotopic (exact) mass is 299 g/mol. The van der Waals surface area contributed by atoms with Crippen LogP contribution in [0.4, 0.5) is 0 Å². The summed E-state index contributed by atoms with van der Waals surface area (Å²) < 4.78 is 0. The van der Waals surface area contributed by atoms with E-state index in [9.17, 15) is 4.79 Å². The van der Waals surface area contributed by atoms with Crippen LogP contribution >= 0.6 is 23.2 Å². The first-order valence-electron chi connectivity index (χ1n) is 6.79. The van der Waals surface area contributed by atoms with Crippen LogP contribution in [0.25, 0.3) is 0 Å². The maximum absolute atomic E-state index is 12.1. The highest BCUT2D eigenvalue weighted by molar-refractivity contribution is 6.35. The van der Waals surface area contributed by atoms with Gasteiger partial charge in [-0.2, -0.15) is 0 Å². The van der Waals surface area contributed by atoms with Gasteiger partial charge in [0.25, 0.3) is 0 Å². The summed E-state index contributed by atoms with van der Waals surface area (Å²) in [5.74, 6) is 0.612. The van der Waals surface area contributed by atoms with Crippen LogP contribution in [0.5, 0.6) is 0 Å². The molecule has 0 saturated heterocycles. The minimum Gasteiger partial charge on any atom is -0.353 e. The number of carbonyl (C=O) groups is 1. The molecule has 0 spiro atoms. The van der Waals surface area contributed by atoms with Crippen molar-refractivity contribution in [3.05, 3.63) is 33.8 Å². The molecule has 1 aromatic rings. The predicted molar refractivity (Wildman–Crippen MR) is 79.7 cm³/mol. The summed E-state index contributed by atoms with van der Waals surface area (Å²) in [6, 6.07) is 5.57. The third-order valence-corrected chi connectivity index (χ3v) is 4.41. The molecule has 0 radical (unpaired) electrons. The van der Waals surface area contributed by atoms with E-state index < -0.39 is 0 Å². The van der Waals surface area contributed by atoms with Gasteiger partial charge in [0.15, 0.2) is 0 Å². The van der Waals surface area contributed by atoms with E-state index in [4.69, 9.17) is 23.2 Å². The van der Waals surface area contributed by atoms with E-state index >= 15 is 0 Å². The van der Waals surface area contributed by atoms with Crippen LogP contribution < -0.4 is 5.32 Å². The van der Waals surface area contributed by atoms with Crippen molar-refractivity contribution in [1.29, 1.82) is 0 Å². The third-order valence-electron chi connectivity index (χ3n) is 3.82. The smallest absolute Gasteiger partial charge is 0.224 e. The second kappa shape index (κ2) is 6.62. The Balaban J connectivity index is 1.93. The Hall–Kier alpha value is -0.730. The van der Waals surface area contributed by atoms with Gasteiger partial charge in [-0.3, -0.25) is 4.79 Å². The number of amides is 1. The van der Waals surface area contributed by atoms with Crippen LogP contribution in [0.3, 0.4) is 0 Å². The summed E-state index contributed by atoms with van der Waals surface area (Å²) >= 11 is 11.9. The molecule has 4 heteroatoms. The summed E-state index contributed by atoms with van der Waals surface area (Å²) in [7, 11) is 0. The maximum Gasteiger partial charge on any atom is 0.224 e. The van der Waals surface area contributed by atoms with Crippen molar-refractivity contribution >= 4 is 29.1 Å². The van der Waals surface area contributed by atoms with E-state index in [-0.39, 0.29) is 5.91 Å². The first-order chi connectivity index (χ1) is 9.06. The van der Waals surface area contributed by atoms with Crippen molar-refractivity contribution in [1.82, 2.24) is 5.32 Å². The molecule has 0 heterocycles. The van der Waals surface area contributed by atoms with Gasteiger partial charge < -0.3 is 5.32 Å². The zero-order chi connectivity index (χ0) is 13.8. The molecule has 0 aliphatic heterocycles. The van der Waals surface area contributed by atoms with E-state index in [1.807, 2.05) is 6.07 Å². The zero-order valence-electron chi connectivity index (χ0n) is 11.1. The quantitative estimate of drug-likeness (QED) is 0.889. The lowest BCUT2D eigenvalue weighted by molar-refractivity contribution is -0.121. The van der Waals surface area contributed by atoms with Crippen molar-refractivity contribution in [3.8, 4) is 0 Å². The van der Waals surface area contributed by atoms with Crippen molar-refractivity contribution in [2.45, 2.75) is 45.1 Å². The van der Waals surface area contributed by atoms with Crippen molar-refractivity contribution in [2.75, 3.05) is 0 Å². The summed E-state index contributed by atoms with van der Waals surface area (Å²) in [6.07, 6.45) is 5.08. The molecule has 1 aliphatic rings. The van der Waals surface area contributed by atoms with Gasteiger partial charge in [-0.15, -0.1) is 0 Å². The number of hydrogen-bond donors (Lipinski definition) is 1. The van der Waals surface area contributed by atoms with E-state index in [1.54, 1.807) is 12.1 Å². The van der Waals surface area contributed by atoms with Crippen LogP contribution in [-0.4, -0.2) is 11.9 Å². The van der Waals surface area contributed by atoms with Crippen LogP contribution in [-0.2, 0) is 11.2 Å². The third kappa shape index (κ3) is 4.12. The van der Waals surface area contributed by atoms with Crippen molar-refractivity contribution in [3.63, 3.8) is 0 Å². The van der Waals surface area contributed by atoms with Gasteiger partial charge in [-0.25, -0.2) is 0 Å². The van der Waals surface area contributed by atoms with Gasteiger partial charge in [-0.1, -0.05) is 49.0 Å². The lowest BCUT2D eigenvalue weighted by Crippen LogP contribution is -2.41. The second-order valence-electron chi connectivity index (χ2n) is 5.35. The van der Waals surface area contributed by atoms with E-state index in [0.717, 1.165) is 12.0 Å². The molecule has 2 unspecified atom stereocenters. The van der Waals surface area contributed by atoms with Gasteiger partial charge in [0, 0.05) is 16.1 Å².